The SMILES string of the molecule is CC(C)(C)OC(=O)N1CC(O)(CN(Cc2ccccc2)C(=O)OCc2ccccc2)C1. The molecule has 0 radical (unpaired) electrons. The molecule has 1 heterocycles. The van der Waals surface area contributed by atoms with Gasteiger partial charge in [0.15, 0.2) is 0 Å². The molecule has 0 unspecified atom stereocenters. The Balaban J connectivity index is 1.63. The number of β-amino-alcohol motifs (C(OH)–C–C–N with tert-alkyl or cyclic N) is 1. The van der Waals surface area contributed by atoms with Crippen LogP contribution in [0.5, 0.6) is 0 Å². The van der Waals surface area contributed by atoms with E-state index in [0.717, 1.165) is 11.1 Å². The minimum Gasteiger partial charge on any atom is -0.445 e. The Morgan fingerprint density at radius 2 is 1.55 bits per heavy atom. The summed E-state index contributed by atoms with van der Waals surface area (Å²) >= 11 is 0. The van der Waals surface area contributed by atoms with E-state index >= 15 is 0 Å². The first-order valence-electron chi connectivity index (χ1n) is 10.3. The van der Waals surface area contributed by atoms with Gasteiger partial charge < -0.3 is 24.4 Å². The Morgan fingerprint density at radius 1 is 1.00 bits per heavy atom. The topological polar surface area (TPSA) is 79.3 Å². The van der Waals surface area contributed by atoms with Gasteiger partial charge in [0.1, 0.15) is 17.8 Å². The van der Waals surface area contributed by atoms with Crippen molar-refractivity contribution in [2.75, 3.05) is 19.6 Å². The quantitative estimate of drug-likeness (QED) is 0.760. The molecule has 0 aromatic heterocycles. The van der Waals surface area contributed by atoms with Crippen molar-refractivity contribution in [2.24, 2.45) is 0 Å². The highest BCUT2D eigenvalue weighted by Gasteiger charge is 2.47. The lowest BCUT2D eigenvalue weighted by molar-refractivity contribution is -0.110. The fourth-order valence-corrected chi connectivity index (χ4v) is 3.37. The number of likely N-dealkylation sites (tertiary alicyclic amines) is 1. The number of benzene rings is 2. The normalized spacial score (nSPS) is 15.0. The second kappa shape index (κ2) is 9.39. The number of hydrogen-bond acceptors (Lipinski definition) is 5. The molecular formula is C24H30N2O5. The van der Waals surface area contributed by atoms with Crippen LogP contribution in [0, 0.1) is 0 Å². The summed E-state index contributed by atoms with van der Waals surface area (Å²) in [6, 6.07) is 18.9. The molecule has 166 valence electrons. The van der Waals surface area contributed by atoms with Gasteiger partial charge >= 0.3 is 12.2 Å². The van der Waals surface area contributed by atoms with E-state index < -0.39 is 23.4 Å². The van der Waals surface area contributed by atoms with Crippen molar-refractivity contribution >= 4 is 12.2 Å². The van der Waals surface area contributed by atoms with E-state index in [1.165, 1.54) is 9.80 Å². The highest BCUT2D eigenvalue weighted by atomic mass is 16.6. The van der Waals surface area contributed by atoms with Crippen LogP contribution in [-0.4, -0.2) is 57.9 Å². The molecule has 1 saturated heterocycles. The van der Waals surface area contributed by atoms with E-state index in [0.29, 0.717) is 6.54 Å². The van der Waals surface area contributed by atoms with Crippen molar-refractivity contribution in [3.63, 3.8) is 0 Å². The molecule has 0 aliphatic carbocycles. The van der Waals surface area contributed by atoms with Crippen molar-refractivity contribution < 1.29 is 24.2 Å². The Kier molecular flexibility index (Phi) is 6.85. The van der Waals surface area contributed by atoms with Gasteiger partial charge in [-0.1, -0.05) is 60.7 Å². The maximum atomic E-state index is 12.8. The molecule has 2 aromatic rings. The van der Waals surface area contributed by atoms with Crippen LogP contribution >= 0.6 is 0 Å². The molecular weight excluding hydrogens is 396 g/mol. The molecule has 2 aromatic carbocycles. The number of ether oxygens (including phenoxy) is 2. The third-order valence-electron chi connectivity index (χ3n) is 4.79. The van der Waals surface area contributed by atoms with Gasteiger partial charge in [-0.3, -0.25) is 0 Å². The lowest BCUT2D eigenvalue weighted by atomic mass is 9.94. The number of amides is 2. The summed E-state index contributed by atoms with van der Waals surface area (Å²) in [5.41, 5.74) is -0.0110. The number of aliphatic hydroxyl groups is 1. The number of rotatable bonds is 6. The predicted molar refractivity (Wildman–Crippen MR) is 116 cm³/mol. The summed E-state index contributed by atoms with van der Waals surface area (Å²) < 4.78 is 10.8. The lowest BCUT2D eigenvalue weighted by Gasteiger charge is -2.47. The van der Waals surface area contributed by atoms with E-state index in [9.17, 15) is 14.7 Å². The molecule has 1 aliphatic heterocycles. The van der Waals surface area contributed by atoms with Gasteiger partial charge in [-0.2, -0.15) is 0 Å². The van der Waals surface area contributed by atoms with Crippen molar-refractivity contribution in [1.29, 1.82) is 0 Å². The van der Waals surface area contributed by atoms with Crippen LogP contribution < -0.4 is 0 Å². The molecule has 1 N–H and O–H groups in total. The fraction of sp³-hybridized carbons (Fsp3) is 0.417. The van der Waals surface area contributed by atoms with E-state index in [1.54, 1.807) is 20.8 Å². The maximum Gasteiger partial charge on any atom is 0.410 e. The predicted octanol–water partition coefficient (Wildman–Crippen LogP) is 3.81. The highest BCUT2D eigenvalue weighted by Crippen LogP contribution is 2.25. The first kappa shape index (κ1) is 22.6. The Labute approximate surface area is 183 Å². The van der Waals surface area contributed by atoms with Gasteiger partial charge in [-0.15, -0.1) is 0 Å². The number of carbonyl (C=O) groups is 2. The number of nitrogens with zero attached hydrogens (tertiary/aromatic N) is 2. The summed E-state index contributed by atoms with van der Waals surface area (Å²) in [7, 11) is 0. The first-order valence-corrected chi connectivity index (χ1v) is 10.3. The average molecular weight is 427 g/mol. The second-order valence-electron chi connectivity index (χ2n) is 8.94. The molecule has 3 rings (SSSR count). The molecule has 0 spiro atoms. The smallest absolute Gasteiger partial charge is 0.410 e. The van der Waals surface area contributed by atoms with Crippen LogP contribution in [0.25, 0.3) is 0 Å². The minimum atomic E-state index is -1.21. The van der Waals surface area contributed by atoms with E-state index in [2.05, 4.69) is 0 Å². The molecule has 7 nitrogen and oxygen atoms in total. The van der Waals surface area contributed by atoms with Crippen LogP contribution in [0.15, 0.2) is 60.7 Å². The van der Waals surface area contributed by atoms with E-state index in [4.69, 9.17) is 9.47 Å². The van der Waals surface area contributed by atoms with Crippen molar-refractivity contribution in [3.8, 4) is 0 Å². The average Bonchev–Trinajstić information content (AvgIpc) is 2.70. The molecule has 31 heavy (non-hydrogen) atoms. The third-order valence-corrected chi connectivity index (χ3v) is 4.79. The zero-order valence-corrected chi connectivity index (χ0v) is 18.3. The minimum absolute atomic E-state index is 0.0504. The summed E-state index contributed by atoms with van der Waals surface area (Å²) in [6.07, 6.45) is -0.990. The Bertz CT molecular complexity index is 874. The maximum absolute atomic E-state index is 12.8. The van der Waals surface area contributed by atoms with Crippen LogP contribution in [0.2, 0.25) is 0 Å². The van der Waals surface area contributed by atoms with Gasteiger partial charge in [0.05, 0.1) is 19.6 Å². The van der Waals surface area contributed by atoms with Gasteiger partial charge in [0, 0.05) is 6.54 Å². The van der Waals surface area contributed by atoms with Gasteiger partial charge in [-0.25, -0.2) is 9.59 Å². The standard InChI is InChI=1S/C24H30N2O5/c1-23(2,3)31-22(28)26-17-24(29,18-26)16-25(14-19-10-6-4-7-11-19)21(27)30-15-20-12-8-5-9-13-20/h4-13,29H,14-18H2,1-3H3. The van der Waals surface area contributed by atoms with Crippen molar-refractivity contribution in [2.45, 2.75) is 45.1 Å². The third kappa shape index (κ3) is 6.72. The van der Waals surface area contributed by atoms with Crippen LogP contribution in [0.4, 0.5) is 9.59 Å². The summed E-state index contributed by atoms with van der Waals surface area (Å²) in [5, 5.41) is 10.9. The van der Waals surface area contributed by atoms with Gasteiger partial charge in [0.25, 0.3) is 0 Å². The molecule has 1 fully saturated rings. The summed E-state index contributed by atoms with van der Waals surface area (Å²) in [5.74, 6) is 0. The number of hydrogen-bond donors (Lipinski definition) is 1. The van der Waals surface area contributed by atoms with Crippen molar-refractivity contribution in [3.05, 3.63) is 71.8 Å². The van der Waals surface area contributed by atoms with Crippen molar-refractivity contribution in [1.82, 2.24) is 9.80 Å². The monoisotopic (exact) mass is 426 g/mol. The van der Waals surface area contributed by atoms with Crippen LogP contribution in [-0.2, 0) is 22.6 Å². The Morgan fingerprint density at radius 3 is 2.10 bits per heavy atom. The largest absolute Gasteiger partial charge is 0.445 e. The second-order valence-corrected chi connectivity index (χ2v) is 8.94. The fourth-order valence-electron chi connectivity index (χ4n) is 3.37. The first-order chi connectivity index (χ1) is 14.6. The number of carbonyl (C=O) groups excluding carboxylic acids is 2. The molecule has 0 atom stereocenters. The van der Waals surface area contributed by atoms with Gasteiger partial charge in [0.2, 0.25) is 0 Å². The van der Waals surface area contributed by atoms with Crippen LogP contribution in [0.3, 0.4) is 0 Å². The summed E-state index contributed by atoms with van der Waals surface area (Å²) in [6.45, 7) is 6.06. The van der Waals surface area contributed by atoms with E-state index in [1.807, 2.05) is 60.7 Å². The molecule has 1 aliphatic rings. The zero-order valence-electron chi connectivity index (χ0n) is 18.3. The highest BCUT2D eigenvalue weighted by molar-refractivity contribution is 5.70. The zero-order chi connectivity index (χ0) is 22.5. The van der Waals surface area contributed by atoms with E-state index in [-0.39, 0.29) is 26.2 Å². The molecule has 0 saturated carbocycles. The van der Waals surface area contributed by atoms with Crippen LogP contribution in [0.1, 0.15) is 31.9 Å². The van der Waals surface area contributed by atoms with Gasteiger partial charge in [-0.05, 0) is 31.9 Å². The molecule has 2 amide bonds. The Hall–Kier alpha value is -3.06. The molecule has 0 bridgehead atoms. The summed E-state index contributed by atoms with van der Waals surface area (Å²) in [4.78, 5) is 27.9. The lowest BCUT2D eigenvalue weighted by Crippen LogP contribution is -2.68. The molecule has 7 heteroatoms.